The lowest BCUT2D eigenvalue weighted by atomic mass is 9.87. The summed E-state index contributed by atoms with van der Waals surface area (Å²) in [5.74, 6) is 1.64. The number of benzene rings is 2. The van der Waals surface area contributed by atoms with E-state index in [4.69, 9.17) is 24.1 Å². The van der Waals surface area contributed by atoms with Gasteiger partial charge in [0.1, 0.15) is 17.6 Å². The summed E-state index contributed by atoms with van der Waals surface area (Å²) in [5.41, 5.74) is 2.64. The van der Waals surface area contributed by atoms with E-state index in [0.29, 0.717) is 42.7 Å². The molecule has 8 heteroatoms. The van der Waals surface area contributed by atoms with Crippen LogP contribution in [0, 0.1) is 11.3 Å². The minimum Gasteiger partial charge on any atom is -0.453 e. The summed E-state index contributed by atoms with van der Waals surface area (Å²) in [4.78, 5) is 15.8. The number of hydrogen-bond acceptors (Lipinski definition) is 7. The summed E-state index contributed by atoms with van der Waals surface area (Å²) in [6, 6.07) is 15.8. The molecule has 1 aliphatic heterocycles. The number of aromatic nitrogens is 1. The summed E-state index contributed by atoms with van der Waals surface area (Å²) in [7, 11) is 0.603. The molecule has 2 aromatic carbocycles. The second-order valence-electron chi connectivity index (χ2n) is 6.56. The highest BCUT2D eigenvalue weighted by Crippen LogP contribution is 2.37. The Balaban J connectivity index is 1.63. The molecule has 0 saturated carbocycles. The van der Waals surface area contributed by atoms with E-state index in [2.05, 4.69) is 4.98 Å². The molecule has 0 radical (unpaired) electrons. The van der Waals surface area contributed by atoms with Crippen molar-refractivity contribution >= 4 is 18.9 Å². The quantitative estimate of drug-likeness (QED) is 0.356. The molecule has 4 rings (SSSR count). The predicted molar refractivity (Wildman–Crippen MR) is 109 cm³/mol. The molecule has 148 valence electrons. The number of carbonyl (C=O) groups excluding carboxylic acids is 1. The van der Waals surface area contributed by atoms with E-state index in [-0.39, 0.29) is 18.3 Å². The maximum Gasteiger partial charge on any atom is 0.310 e. The molecule has 0 aliphatic carbocycles. The van der Waals surface area contributed by atoms with Gasteiger partial charge in [0.25, 0.3) is 0 Å². The Kier molecular flexibility index (Phi) is 5.64. The molecule has 7 nitrogen and oxygen atoms in total. The van der Waals surface area contributed by atoms with Gasteiger partial charge >= 0.3 is 13.5 Å². The van der Waals surface area contributed by atoms with E-state index in [1.807, 2.05) is 24.3 Å². The summed E-state index contributed by atoms with van der Waals surface area (Å²) in [6.07, 6.45) is 1.67. The molecular formula is C22H17BN2O5. The zero-order valence-corrected chi connectivity index (χ0v) is 16.3. The number of nitriles is 1. The number of carbonyl (C=O) groups is 1. The highest BCUT2D eigenvalue weighted by atomic mass is 16.5. The number of hydrogen-bond donors (Lipinski definition) is 0. The summed E-state index contributed by atoms with van der Waals surface area (Å²) < 4.78 is 22.6. The van der Waals surface area contributed by atoms with Crippen LogP contribution in [0.5, 0.6) is 28.9 Å². The molecule has 1 aliphatic rings. The van der Waals surface area contributed by atoms with Crippen LogP contribution in [0.4, 0.5) is 0 Å². The smallest absolute Gasteiger partial charge is 0.310 e. The second kappa shape index (κ2) is 8.68. The van der Waals surface area contributed by atoms with Crippen LogP contribution in [0.25, 0.3) is 0 Å². The van der Waals surface area contributed by atoms with Crippen LogP contribution in [0.3, 0.4) is 0 Å². The number of ether oxygens (including phenoxy) is 3. The molecule has 0 N–H and O–H groups in total. The van der Waals surface area contributed by atoms with Crippen LogP contribution in [-0.2, 0) is 16.1 Å². The molecule has 0 unspecified atom stereocenters. The fourth-order valence-corrected chi connectivity index (χ4v) is 2.88. The Morgan fingerprint density at radius 2 is 2.00 bits per heavy atom. The number of rotatable bonds is 6. The van der Waals surface area contributed by atoms with E-state index < -0.39 is 0 Å². The topological polar surface area (TPSA) is 90.7 Å². The van der Waals surface area contributed by atoms with Crippen molar-refractivity contribution in [2.75, 3.05) is 0 Å². The van der Waals surface area contributed by atoms with Crippen molar-refractivity contribution in [3.63, 3.8) is 0 Å². The molecule has 0 bridgehead atoms. The number of nitrogens with zero attached hydrogens (tertiary/aromatic N) is 2. The van der Waals surface area contributed by atoms with Crippen molar-refractivity contribution in [3.05, 3.63) is 65.9 Å². The molecule has 3 aromatic rings. The molecule has 2 heterocycles. The number of fused-ring (bicyclic) bond motifs is 1. The lowest BCUT2D eigenvalue weighted by Gasteiger charge is -2.14. The fraction of sp³-hybridized carbons (Fsp3) is 0.136. The van der Waals surface area contributed by atoms with Gasteiger partial charge < -0.3 is 18.9 Å². The van der Waals surface area contributed by atoms with E-state index in [9.17, 15) is 4.79 Å². The Morgan fingerprint density at radius 3 is 2.77 bits per heavy atom. The summed E-state index contributed by atoms with van der Waals surface area (Å²) >= 11 is 0. The standard InChI is InChI=1S/C22H17BN2O5/c1-2-22(26)29-17-5-7-19(28-16-4-6-18-15(9-16)13-27-23-18)20(10-17)30-21-8-3-14(11-24)12-25-21/h3-10,12,23H,2,13H2,1H3. The Labute approximate surface area is 174 Å². The van der Waals surface area contributed by atoms with Crippen molar-refractivity contribution in [2.24, 2.45) is 0 Å². The molecule has 1 aromatic heterocycles. The SMILES string of the molecule is CCC(=O)Oc1ccc(Oc2ccc3c(c2)COB3)c(Oc2ccc(C#N)cn2)c1. The van der Waals surface area contributed by atoms with Crippen LogP contribution in [0.2, 0.25) is 0 Å². The normalized spacial score (nSPS) is 11.7. The van der Waals surface area contributed by atoms with E-state index >= 15 is 0 Å². The Bertz CT molecular complexity index is 1130. The van der Waals surface area contributed by atoms with Crippen molar-refractivity contribution in [2.45, 2.75) is 20.0 Å². The molecule has 0 amide bonds. The lowest BCUT2D eigenvalue weighted by molar-refractivity contribution is -0.134. The first-order valence-electron chi connectivity index (χ1n) is 9.40. The van der Waals surface area contributed by atoms with Gasteiger partial charge in [-0.2, -0.15) is 5.26 Å². The maximum absolute atomic E-state index is 11.7. The van der Waals surface area contributed by atoms with Crippen LogP contribution >= 0.6 is 0 Å². The summed E-state index contributed by atoms with van der Waals surface area (Å²) in [6.45, 7) is 2.27. The average Bonchev–Trinajstić information content (AvgIpc) is 3.24. The van der Waals surface area contributed by atoms with Gasteiger partial charge in [0.05, 0.1) is 12.2 Å². The van der Waals surface area contributed by atoms with Crippen molar-refractivity contribution in [3.8, 4) is 34.9 Å². The minimum absolute atomic E-state index is 0.253. The molecule has 0 atom stereocenters. The molecule has 0 fully saturated rings. The van der Waals surface area contributed by atoms with Gasteiger partial charge in [-0.25, -0.2) is 4.98 Å². The van der Waals surface area contributed by atoms with Crippen LogP contribution in [0.15, 0.2) is 54.7 Å². The van der Waals surface area contributed by atoms with Crippen LogP contribution < -0.4 is 19.7 Å². The predicted octanol–water partition coefficient (Wildman–Crippen LogP) is 3.36. The largest absolute Gasteiger partial charge is 0.453 e. The van der Waals surface area contributed by atoms with Crippen molar-refractivity contribution < 1.29 is 23.7 Å². The van der Waals surface area contributed by atoms with Crippen LogP contribution in [0.1, 0.15) is 24.5 Å². The van der Waals surface area contributed by atoms with Gasteiger partial charge in [-0.15, -0.1) is 0 Å². The minimum atomic E-state index is -0.357. The van der Waals surface area contributed by atoms with E-state index in [1.54, 1.807) is 37.3 Å². The monoisotopic (exact) mass is 400 g/mol. The first-order valence-corrected chi connectivity index (χ1v) is 9.40. The van der Waals surface area contributed by atoms with Crippen molar-refractivity contribution in [1.82, 2.24) is 4.98 Å². The maximum atomic E-state index is 11.7. The Morgan fingerprint density at radius 1 is 1.13 bits per heavy atom. The van der Waals surface area contributed by atoms with Gasteiger partial charge in [-0.3, -0.25) is 4.79 Å². The molecule has 0 saturated heterocycles. The third-order valence-electron chi connectivity index (χ3n) is 4.44. The first kappa shape index (κ1) is 19.5. The highest BCUT2D eigenvalue weighted by Gasteiger charge is 2.16. The Hall–Kier alpha value is -3.83. The van der Waals surface area contributed by atoms with Gasteiger partial charge in [0.15, 0.2) is 11.5 Å². The third kappa shape index (κ3) is 4.42. The van der Waals surface area contributed by atoms with Gasteiger partial charge in [-0.05, 0) is 41.4 Å². The average molecular weight is 400 g/mol. The second-order valence-corrected chi connectivity index (χ2v) is 6.56. The zero-order chi connectivity index (χ0) is 20.9. The first-order chi connectivity index (χ1) is 14.6. The van der Waals surface area contributed by atoms with E-state index in [0.717, 1.165) is 11.0 Å². The van der Waals surface area contributed by atoms with Crippen LogP contribution in [-0.4, -0.2) is 18.4 Å². The number of pyridine rings is 1. The van der Waals surface area contributed by atoms with Crippen molar-refractivity contribution in [1.29, 1.82) is 5.26 Å². The third-order valence-corrected chi connectivity index (χ3v) is 4.44. The fourth-order valence-electron chi connectivity index (χ4n) is 2.88. The summed E-state index contributed by atoms with van der Waals surface area (Å²) in [5, 5.41) is 8.93. The van der Waals surface area contributed by atoms with Gasteiger partial charge in [0.2, 0.25) is 5.88 Å². The molecule has 30 heavy (non-hydrogen) atoms. The highest BCUT2D eigenvalue weighted by molar-refractivity contribution is 6.48. The van der Waals surface area contributed by atoms with Gasteiger partial charge in [-0.1, -0.05) is 13.0 Å². The number of esters is 1. The molecular weight excluding hydrogens is 383 g/mol. The lowest BCUT2D eigenvalue weighted by Crippen LogP contribution is -2.10. The van der Waals surface area contributed by atoms with E-state index in [1.165, 1.54) is 6.20 Å². The zero-order valence-electron chi connectivity index (χ0n) is 16.3. The molecule has 0 spiro atoms. The van der Waals surface area contributed by atoms with Gasteiger partial charge in [0, 0.05) is 24.8 Å².